The molecule has 0 bridgehead atoms. The fourth-order valence-electron chi connectivity index (χ4n) is 8.36. The van der Waals surface area contributed by atoms with Crippen LogP contribution < -0.4 is 0 Å². The Kier molecular flexibility index (Phi) is 48.1. The summed E-state index contributed by atoms with van der Waals surface area (Å²) in [5.74, 6) is -0.0292. The molecule has 362 valence electrons. The van der Waals surface area contributed by atoms with E-state index in [2.05, 4.69) is 27.7 Å². The Morgan fingerprint density at radius 3 is 0.852 bits per heavy atom. The molecule has 0 aromatic rings. The lowest BCUT2D eigenvalue weighted by molar-refractivity contribution is -0.167. The summed E-state index contributed by atoms with van der Waals surface area (Å²) in [6.07, 6.45) is 52.4. The molecule has 0 aliphatic rings. The van der Waals surface area contributed by atoms with E-state index in [1.54, 1.807) is 0 Å². The van der Waals surface area contributed by atoms with E-state index in [1.807, 2.05) is 0 Å². The van der Waals surface area contributed by atoms with Crippen LogP contribution in [0, 0.1) is 5.92 Å². The van der Waals surface area contributed by atoms with Crippen molar-refractivity contribution < 1.29 is 28.6 Å². The quantitative estimate of drug-likeness (QED) is 0.0344. The molecule has 0 saturated carbocycles. The molecular formula is C55H106O6. The van der Waals surface area contributed by atoms with Gasteiger partial charge in [-0.15, -0.1) is 0 Å². The third-order valence-corrected chi connectivity index (χ3v) is 12.9. The van der Waals surface area contributed by atoms with Crippen molar-refractivity contribution in [3.63, 3.8) is 0 Å². The third-order valence-electron chi connectivity index (χ3n) is 12.9. The smallest absolute Gasteiger partial charge is 0.306 e. The Labute approximate surface area is 380 Å². The van der Waals surface area contributed by atoms with E-state index < -0.39 is 6.10 Å². The van der Waals surface area contributed by atoms with Gasteiger partial charge in [0.1, 0.15) is 13.2 Å². The van der Waals surface area contributed by atoms with Crippen LogP contribution in [0.2, 0.25) is 0 Å². The first kappa shape index (κ1) is 59.4. The van der Waals surface area contributed by atoms with Gasteiger partial charge in [0, 0.05) is 19.3 Å². The van der Waals surface area contributed by atoms with Crippen LogP contribution in [0.5, 0.6) is 0 Å². The van der Waals surface area contributed by atoms with E-state index in [0.29, 0.717) is 19.3 Å². The predicted molar refractivity (Wildman–Crippen MR) is 261 cm³/mol. The van der Waals surface area contributed by atoms with E-state index >= 15 is 0 Å². The first-order valence-corrected chi connectivity index (χ1v) is 27.4. The summed E-state index contributed by atoms with van der Waals surface area (Å²) in [5, 5.41) is 0. The normalized spacial score (nSPS) is 12.4. The van der Waals surface area contributed by atoms with Gasteiger partial charge in [-0.25, -0.2) is 0 Å². The molecule has 0 aliphatic heterocycles. The lowest BCUT2D eigenvalue weighted by Gasteiger charge is -2.18. The van der Waals surface area contributed by atoms with Gasteiger partial charge in [-0.05, 0) is 25.2 Å². The van der Waals surface area contributed by atoms with Crippen molar-refractivity contribution >= 4 is 17.9 Å². The van der Waals surface area contributed by atoms with Crippen LogP contribution in [0.1, 0.15) is 310 Å². The number of esters is 3. The van der Waals surface area contributed by atoms with Gasteiger partial charge < -0.3 is 14.2 Å². The maximum Gasteiger partial charge on any atom is 0.306 e. The highest BCUT2D eigenvalue weighted by Gasteiger charge is 2.19. The van der Waals surface area contributed by atoms with Gasteiger partial charge in [0.25, 0.3) is 0 Å². The molecule has 0 saturated heterocycles. The van der Waals surface area contributed by atoms with E-state index in [1.165, 1.54) is 205 Å². The Hall–Kier alpha value is -1.59. The van der Waals surface area contributed by atoms with Crippen molar-refractivity contribution in [1.29, 1.82) is 0 Å². The first-order valence-electron chi connectivity index (χ1n) is 27.4. The van der Waals surface area contributed by atoms with Crippen LogP contribution >= 0.6 is 0 Å². The molecule has 0 rings (SSSR count). The number of carbonyl (C=O) groups is 3. The molecule has 0 fully saturated rings. The summed E-state index contributed by atoms with van der Waals surface area (Å²) < 4.78 is 16.8. The van der Waals surface area contributed by atoms with E-state index in [0.717, 1.165) is 63.7 Å². The number of carbonyl (C=O) groups excluding carboxylic acids is 3. The summed E-state index contributed by atoms with van der Waals surface area (Å²) in [7, 11) is 0. The van der Waals surface area contributed by atoms with Crippen molar-refractivity contribution in [3.05, 3.63) is 0 Å². The highest BCUT2D eigenvalue weighted by molar-refractivity contribution is 5.71. The summed E-state index contributed by atoms with van der Waals surface area (Å²) in [6.45, 7) is 9.02. The fourth-order valence-corrected chi connectivity index (χ4v) is 8.36. The Morgan fingerprint density at radius 1 is 0.328 bits per heavy atom. The van der Waals surface area contributed by atoms with Gasteiger partial charge >= 0.3 is 17.9 Å². The average molecular weight is 863 g/mol. The molecule has 1 unspecified atom stereocenters. The minimum absolute atomic E-state index is 0.0631. The van der Waals surface area contributed by atoms with Gasteiger partial charge in [0.05, 0.1) is 0 Å². The molecule has 0 heterocycles. The minimum atomic E-state index is -0.762. The van der Waals surface area contributed by atoms with Gasteiger partial charge in [-0.1, -0.05) is 272 Å². The minimum Gasteiger partial charge on any atom is -0.462 e. The number of hydrogen-bond donors (Lipinski definition) is 0. The lowest BCUT2D eigenvalue weighted by atomic mass is 10.00. The van der Waals surface area contributed by atoms with E-state index in [4.69, 9.17) is 14.2 Å². The Balaban J connectivity index is 4.27. The molecule has 0 amide bonds. The Morgan fingerprint density at radius 2 is 0.574 bits per heavy atom. The summed E-state index contributed by atoms with van der Waals surface area (Å²) in [4.78, 5) is 38.0. The molecule has 0 aromatic carbocycles. The molecule has 6 heteroatoms. The number of unbranched alkanes of at least 4 members (excludes halogenated alkanes) is 36. The summed E-state index contributed by atoms with van der Waals surface area (Å²) in [5.41, 5.74) is 0. The second-order valence-electron chi connectivity index (χ2n) is 19.1. The van der Waals surface area contributed by atoms with Crippen molar-refractivity contribution in [1.82, 2.24) is 0 Å². The standard InChI is InChI=1S/C55H106O6/c1-5-8-10-12-14-16-18-20-22-24-26-28-30-32-34-40-44-48-55(58)61-52(50-60-54(57)47-43-39-36-35-37-41-45-51(4)7-3)49-59-53(56)46-42-38-33-31-29-27-25-23-21-19-17-15-13-11-9-6-2/h51-52H,5-50H2,1-4H3/t51?,52-/m1/s1. The SMILES string of the molecule is CCCCCCCCCCCCCCCCCCCC(=O)O[C@H](COC(=O)CCCCCCCCCCCCCCCCCC)COC(=O)CCCCCCCCC(C)CC. The monoisotopic (exact) mass is 863 g/mol. The lowest BCUT2D eigenvalue weighted by Crippen LogP contribution is -2.30. The van der Waals surface area contributed by atoms with Gasteiger partial charge in [-0.3, -0.25) is 14.4 Å². The predicted octanol–water partition coefficient (Wildman–Crippen LogP) is 17.8. The maximum atomic E-state index is 12.8. The largest absolute Gasteiger partial charge is 0.462 e. The molecular weight excluding hydrogens is 757 g/mol. The fraction of sp³-hybridized carbons (Fsp3) is 0.945. The van der Waals surface area contributed by atoms with Crippen molar-refractivity contribution in [2.24, 2.45) is 5.92 Å². The Bertz CT molecular complexity index is 920. The highest BCUT2D eigenvalue weighted by atomic mass is 16.6. The molecule has 2 atom stereocenters. The summed E-state index contributed by atoms with van der Waals surface area (Å²) >= 11 is 0. The second kappa shape index (κ2) is 49.4. The van der Waals surface area contributed by atoms with Crippen LogP contribution in [0.4, 0.5) is 0 Å². The van der Waals surface area contributed by atoms with Gasteiger partial charge in [-0.2, -0.15) is 0 Å². The average Bonchev–Trinajstić information content (AvgIpc) is 3.26. The van der Waals surface area contributed by atoms with E-state index in [-0.39, 0.29) is 31.1 Å². The van der Waals surface area contributed by atoms with Crippen LogP contribution in [-0.2, 0) is 28.6 Å². The molecule has 0 N–H and O–H groups in total. The molecule has 0 aliphatic carbocycles. The maximum absolute atomic E-state index is 12.8. The molecule has 0 radical (unpaired) electrons. The van der Waals surface area contributed by atoms with Crippen molar-refractivity contribution in [3.8, 4) is 0 Å². The third kappa shape index (κ3) is 47.7. The molecule has 6 nitrogen and oxygen atoms in total. The van der Waals surface area contributed by atoms with Gasteiger partial charge in [0.2, 0.25) is 0 Å². The van der Waals surface area contributed by atoms with Crippen molar-refractivity contribution in [2.45, 2.75) is 316 Å². The molecule has 0 aromatic heterocycles. The zero-order chi connectivity index (χ0) is 44.5. The number of ether oxygens (including phenoxy) is 3. The molecule has 0 spiro atoms. The first-order chi connectivity index (χ1) is 29.9. The van der Waals surface area contributed by atoms with Crippen LogP contribution in [0.25, 0.3) is 0 Å². The number of rotatable bonds is 50. The highest BCUT2D eigenvalue weighted by Crippen LogP contribution is 2.18. The zero-order valence-corrected chi connectivity index (χ0v) is 41.6. The van der Waals surface area contributed by atoms with Crippen molar-refractivity contribution in [2.75, 3.05) is 13.2 Å². The summed E-state index contributed by atoms with van der Waals surface area (Å²) in [6, 6.07) is 0. The zero-order valence-electron chi connectivity index (χ0n) is 41.6. The van der Waals surface area contributed by atoms with E-state index in [9.17, 15) is 14.4 Å². The number of hydrogen-bond acceptors (Lipinski definition) is 6. The van der Waals surface area contributed by atoms with Gasteiger partial charge in [0.15, 0.2) is 6.10 Å². The topological polar surface area (TPSA) is 78.9 Å². The van der Waals surface area contributed by atoms with Crippen LogP contribution in [0.3, 0.4) is 0 Å². The van der Waals surface area contributed by atoms with Crippen LogP contribution in [0.15, 0.2) is 0 Å². The molecule has 61 heavy (non-hydrogen) atoms. The van der Waals surface area contributed by atoms with Crippen LogP contribution in [-0.4, -0.2) is 37.2 Å². The second-order valence-corrected chi connectivity index (χ2v) is 19.1.